The molecule has 6 nitrogen and oxygen atoms in total. The SMILES string of the molecule is CCOC(=O)CCCNC(=O)c1cnsn1. The number of nitrogens with zero attached hydrogens (tertiary/aromatic N) is 2. The second kappa shape index (κ2) is 6.89. The maximum atomic E-state index is 11.4. The smallest absolute Gasteiger partial charge is 0.305 e. The summed E-state index contributed by atoms with van der Waals surface area (Å²) < 4.78 is 12.3. The molecule has 0 atom stereocenters. The highest BCUT2D eigenvalue weighted by atomic mass is 32.1. The van der Waals surface area contributed by atoms with Crippen molar-refractivity contribution in [2.45, 2.75) is 19.8 Å². The fourth-order valence-electron chi connectivity index (χ4n) is 1.02. The summed E-state index contributed by atoms with van der Waals surface area (Å²) in [5.41, 5.74) is 0.307. The van der Waals surface area contributed by atoms with Gasteiger partial charge in [0, 0.05) is 13.0 Å². The van der Waals surface area contributed by atoms with Crippen LogP contribution in [0.1, 0.15) is 30.3 Å². The summed E-state index contributed by atoms with van der Waals surface area (Å²) >= 11 is 0.984. The third-order valence-electron chi connectivity index (χ3n) is 1.74. The van der Waals surface area contributed by atoms with Crippen LogP contribution in [0, 0.1) is 0 Å². The zero-order valence-electron chi connectivity index (χ0n) is 8.93. The summed E-state index contributed by atoms with van der Waals surface area (Å²) in [6.07, 6.45) is 2.27. The molecule has 88 valence electrons. The van der Waals surface area contributed by atoms with Crippen LogP contribution in [-0.4, -0.2) is 33.8 Å². The third kappa shape index (κ3) is 4.35. The van der Waals surface area contributed by atoms with E-state index < -0.39 is 0 Å². The number of hydrogen-bond donors (Lipinski definition) is 1. The van der Waals surface area contributed by atoms with E-state index in [4.69, 9.17) is 4.74 Å². The Morgan fingerprint density at radius 2 is 2.38 bits per heavy atom. The van der Waals surface area contributed by atoms with Crippen molar-refractivity contribution in [2.75, 3.05) is 13.2 Å². The van der Waals surface area contributed by atoms with Crippen LogP contribution in [-0.2, 0) is 9.53 Å². The zero-order valence-corrected chi connectivity index (χ0v) is 9.75. The number of hydrogen-bond acceptors (Lipinski definition) is 6. The minimum absolute atomic E-state index is 0.243. The Kier molecular flexibility index (Phi) is 5.41. The summed E-state index contributed by atoms with van der Waals surface area (Å²) in [5.74, 6) is -0.510. The molecule has 0 fully saturated rings. The van der Waals surface area contributed by atoms with Crippen LogP contribution in [0.15, 0.2) is 6.20 Å². The second-order valence-corrected chi connectivity index (χ2v) is 3.51. The van der Waals surface area contributed by atoms with E-state index in [1.165, 1.54) is 6.20 Å². The number of aromatic nitrogens is 2. The fourth-order valence-corrected chi connectivity index (χ4v) is 1.44. The van der Waals surface area contributed by atoms with Crippen molar-refractivity contribution in [3.05, 3.63) is 11.9 Å². The van der Waals surface area contributed by atoms with Crippen LogP contribution in [0.2, 0.25) is 0 Å². The molecule has 7 heteroatoms. The van der Waals surface area contributed by atoms with Gasteiger partial charge in [0.1, 0.15) is 0 Å². The van der Waals surface area contributed by atoms with Crippen molar-refractivity contribution in [1.29, 1.82) is 0 Å². The highest BCUT2D eigenvalue weighted by Gasteiger charge is 2.08. The van der Waals surface area contributed by atoms with E-state index in [1.54, 1.807) is 6.92 Å². The molecule has 1 aromatic rings. The van der Waals surface area contributed by atoms with Gasteiger partial charge in [-0.25, -0.2) is 0 Å². The first-order chi connectivity index (χ1) is 7.74. The summed E-state index contributed by atoms with van der Waals surface area (Å²) in [6.45, 7) is 2.57. The van der Waals surface area contributed by atoms with Crippen molar-refractivity contribution in [3.63, 3.8) is 0 Å². The molecule has 1 heterocycles. The number of carbonyl (C=O) groups excluding carboxylic acids is 2. The molecule has 0 spiro atoms. The maximum Gasteiger partial charge on any atom is 0.305 e. The van der Waals surface area contributed by atoms with Crippen molar-refractivity contribution in [3.8, 4) is 0 Å². The van der Waals surface area contributed by atoms with Crippen molar-refractivity contribution < 1.29 is 14.3 Å². The van der Waals surface area contributed by atoms with Gasteiger partial charge in [0.15, 0.2) is 5.69 Å². The molecular formula is C9H13N3O3S. The quantitative estimate of drug-likeness (QED) is 0.585. The Hall–Kier alpha value is -1.50. The number of esters is 1. The lowest BCUT2D eigenvalue weighted by Gasteiger charge is -2.02. The number of ether oxygens (including phenoxy) is 1. The van der Waals surface area contributed by atoms with Gasteiger partial charge < -0.3 is 10.1 Å². The maximum absolute atomic E-state index is 11.4. The average molecular weight is 243 g/mol. The number of rotatable bonds is 6. The number of nitrogens with one attached hydrogen (secondary N) is 1. The molecule has 0 bridgehead atoms. The van der Waals surface area contributed by atoms with Gasteiger partial charge in [-0.2, -0.15) is 8.75 Å². The van der Waals surface area contributed by atoms with Gasteiger partial charge in [-0.05, 0) is 13.3 Å². The van der Waals surface area contributed by atoms with Gasteiger partial charge in [0.05, 0.1) is 24.5 Å². The number of carbonyl (C=O) groups is 2. The lowest BCUT2D eigenvalue weighted by atomic mass is 10.3. The Bertz CT molecular complexity index is 340. The normalized spacial score (nSPS) is 9.81. The molecule has 1 amide bonds. The second-order valence-electron chi connectivity index (χ2n) is 2.96. The minimum Gasteiger partial charge on any atom is -0.466 e. The molecule has 0 aromatic carbocycles. The molecular weight excluding hydrogens is 230 g/mol. The standard InChI is InChI=1S/C9H13N3O3S/c1-2-15-8(13)4-3-5-10-9(14)7-6-11-16-12-7/h6H,2-5H2,1H3,(H,10,14). The lowest BCUT2D eigenvalue weighted by molar-refractivity contribution is -0.143. The molecule has 0 saturated heterocycles. The topological polar surface area (TPSA) is 81.2 Å². The van der Waals surface area contributed by atoms with E-state index in [0.717, 1.165) is 11.7 Å². The monoisotopic (exact) mass is 243 g/mol. The van der Waals surface area contributed by atoms with E-state index in [2.05, 4.69) is 14.1 Å². The predicted molar refractivity (Wildman–Crippen MR) is 58.1 cm³/mol. The van der Waals surface area contributed by atoms with Crippen LogP contribution < -0.4 is 5.32 Å². The Labute approximate surface area is 97.3 Å². The van der Waals surface area contributed by atoms with Crippen LogP contribution in [0.25, 0.3) is 0 Å². The fraction of sp³-hybridized carbons (Fsp3) is 0.556. The Morgan fingerprint density at radius 3 is 3.00 bits per heavy atom. The van der Waals surface area contributed by atoms with E-state index >= 15 is 0 Å². The van der Waals surface area contributed by atoms with Gasteiger partial charge in [0.2, 0.25) is 0 Å². The first kappa shape index (κ1) is 12.6. The van der Waals surface area contributed by atoms with E-state index in [1.807, 2.05) is 0 Å². The molecule has 1 aromatic heterocycles. The Balaban J connectivity index is 2.12. The Morgan fingerprint density at radius 1 is 1.56 bits per heavy atom. The summed E-state index contributed by atoms with van der Waals surface area (Å²) in [6, 6.07) is 0. The molecule has 16 heavy (non-hydrogen) atoms. The highest BCUT2D eigenvalue weighted by Crippen LogP contribution is 1.96. The highest BCUT2D eigenvalue weighted by molar-refractivity contribution is 6.99. The summed E-state index contributed by atoms with van der Waals surface area (Å²) in [7, 11) is 0. The molecule has 1 N–H and O–H groups in total. The van der Waals surface area contributed by atoms with Gasteiger partial charge >= 0.3 is 5.97 Å². The molecule has 0 saturated carbocycles. The average Bonchev–Trinajstić information content (AvgIpc) is 2.78. The van der Waals surface area contributed by atoms with E-state index in [9.17, 15) is 9.59 Å². The first-order valence-electron chi connectivity index (χ1n) is 4.95. The molecule has 0 aliphatic heterocycles. The first-order valence-corrected chi connectivity index (χ1v) is 5.68. The zero-order chi connectivity index (χ0) is 11.8. The minimum atomic E-state index is -0.266. The van der Waals surface area contributed by atoms with Crippen molar-refractivity contribution in [1.82, 2.24) is 14.1 Å². The van der Waals surface area contributed by atoms with Crippen LogP contribution in [0.4, 0.5) is 0 Å². The predicted octanol–water partition coefficient (Wildman–Crippen LogP) is 0.611. The van der Waals surface area contributed by atoms with Gasteiger partial charge in [-0.1, -0.05) is 0 Å². The summed E-state index contributed by atoms with van der Waals surface area (Å²) in [4.78, 5) is 22.3. The van der Waals surface area contributed by atoms with Crippen LogP contribution in [0.5, 0.6) is 0 Å². The van der Waals surface area contributed by atoms with Gasteiger partial charge in [0.25, 0.3) is 5.91 Å². The van der Waals surface area contributed by atoms with E-state index in [-0.39, 0.29) is 11.9 Å². The molecule has 0 radical (unpaired) electrons. The number of amides is 1. The van der Waals surface area contributed by atoms with Crippen molar-refractivity contribution in [2.24, 2.45) is 0 Å². The van der Waals surface area contributed by atoms with Crippen LogP contribution in [0.3, 0.4) is 0 Å². The van der Waals surface area contributed by atoms with Crippen LogP contribution >= 0.6 is 11.7 Å². The largest absolute Gasteiger partial charge is 0.466 e. The van der Waals surface area contributed by atoms with Gasteiger partial charge in [-0.15, -0.1) is 0 Å². The molecule has 0 unspecified atom stereocenters. The molecule has 0 aliphatic rings. The van der Waals surface area contributed by atoms with Gasteiger partial charge in [-0.3, -0.25) is 9.59 Å². The molecule has 0 aliphatic carbocycles. The third-order valence-corrected chi connectivity index (χ3v) is 2.22. The summed E-state index contributed by atoms with van der Waals surface area (Å²) in [5, 5.41) is 2.64. The van der Waals surface area contributed by atoms with E-state index in [0.29, 0.717) is 31.7 Å². The lowest BCUT2D eigenvalue weighted by Crippen LogP contribution is -2.25. The molecule has 1 rings (SSSR count). The van der Waals surface area contributed by atoms with Crippen molar-refractivity contribution >= 4 is 23.6 Å².